The number of hydrazone groups is 1. The van der Waals surface area contributed by atoms with Crippen molar-refractivity contribution in [3.63, 3.8) is 0 Å². The van der Waals surface area contributed by atoms with Gasteiger partial charge in [-0.05, 0) is 37.1 Å². The van der Waals surface area contributed by atoms with Gasteiger partial charge in [0.1, 0.15) is 23.6 Å². The summed E-state index contributed by atoms with van der Waals surface area (Å²) >= 11 is 0. The Morgan fingerprint density at radius 1 is 1.19 bits per heavy atom. The second-order valence-electron chi connectivity index (χ2n) is 6.88. The van der Waals surface area contributed by atoms with E-state index in [1.54, 1.807) is 14.1 Å². The number of likely N-dealkylation sites (tertiary alicyclic amines) is 1. The van der Waals surface area contributed by atoms with Gasteiger partial charge in [-0.15, -0.1) is 0 Å². The number of carbonyl (C=O) groups excluding carboxylic acids is 3. The molecule has 3 rings (SSSR count). The lowest BCUT2D eigenvalue weighted by Gasteiger charge is -2.26. The van der Waals surface area contributed by atoms with Gasteiger partial charge < -0.3 is 15.5 Å². The van der Waals surface area contributed by atoms with E-state index in [4.69, 9.17) is 5.73 Å². The number of likely N-dealkylation sites (N-methyl/N-ethyl adjacent to an activating group) is 1. The van der Waals surface area contributed by atoms with Crippen molar-refractivity contribution >= 4 is 29.1 Å². The summed E-state index contributed by atoms with van der Waals surface area (Å²) < 4.78 is 13.2. The Bertz CT molecular complexity index is 793. The molecule has 1 aromatic rings. The average molecular weight is 375 g/mol. The van der Waals surface area contributed by atoms with E-state index in [0.29, 0.717) is 18.7 Å². The van der Waals surface area contributed by atoms with Gasteiger partial charge in [0, 0.05) is 27.1 Å². The molecule has 3 amide bonds. The number of primary amides is 1. The largest absolute Gasteiger partial charge is 0.368 e. The lowest BCUT2D eigenvalue weighted by Crippen LogP contribution is -2.47. The summed E-state index contributed by atoms with van der Waals surface area (Å²) in [6, 6.07) is 4.07. The van der Waals surface area contributed by atoms with Crippen LogP contribution in [0, 0.1) is 5.82 Å². The van der Waals surface area contributed by atoms with Crippen molar-refractivity contribution in [1.82, 2.24) is 9.80 Å². The van der Waals surface area contributed by atoms with Gasteiger partial charge in [0.15, 0.2) is 0 Å². The summed E-state index contributed by atoms with van der Waals surface area (Å²) in [6.45, 7) is 0.458. The third kappa shape index (κ3) is 3.62. The minimum absolute atomic E-state index is 0.0465. The smallest absolute Gasteiger partial charge is 0.270 e. The van der Waals surface area contributed by atoms with Crippen molar-refractivity contribution in [1.29, 1.82) is 0 Å². The molecule has 9 heteroatoms. The topological polar surface area (TPSA) is 99.3 Å². The molecule has 27 heavy (non-hydrogen) atoms. The predicted octanol–water partition coefficient (Wildman–Crippen LogP) is 0.325. The minimum atomic E-state index is -0.833. The van der Waals surface area contributed by atoms with E-state index in [2.05, 4.69) is 5.10 Å². The molecule has 2 heterocycles. The zero-order chi connectivity index (χ0) is 19.7. The molecule has 0 radical (unpaired) electrons. The average Bonchev–Trinajstić information content (AvgIpc) is 3.28. The summed E-state index contributed by atoms with van der Waals surface area (Å²) in [5, 5.41) is 5.63. The summed E-state index contributed by atoms with van der Waals surface area (Å²) in [6.07, 6.45) is 1.37. The molecule has 0 aromatic heterocycles. The third-order valence-corrected chi connectivity index (χ3v) is 4.82. The normalized spacial score (nSPS) is 22.0. The van der Waals surface area contributed by atoms with Crippen molar-refractivity contribution in [2.75, 3.05) is 25.6 Å². The Balaban J connectivity index is 1.86. The van der Waals surface area contributed by atoms with Crippen LogP contribution in [-0.4, -0.2) is 66.0 Å². The van der Waals surface area contributed by atoms with Crippen LogP contribution in [-0.2, 0) is 14.4 Å². The Hall–Kier alpha value is -2.97. The quantitative estimate of drug-likeness (QED) is 0.819. The molecule has 0 bridgehead atoms. The van der Waals surface area contributed by atoms with Crippen LogP contribution >= 0.6 is 0 Å². The van der Waals surface area contributed by atoms with E-state index < -0.39 is 23.8 Å². The van der Waals surface area contributed by atoms with Crippen LogP contribution in [0.25, 0.3) is 0 Å². The summed E-state index contributed by atoms with van der Waals surface area (Å²) in [7, 11) is 3.30. The molecule has 1 saturated heterocycles. The molecule has 2 atom stereocenters. The van der Waals surface area contributed by atoms with E-state index in [0.717, 1.165) is 6.42 Å². The van der Waals surface area contributed by atoms with Crippen LogP contribution in [0.2, 0.25) is 0 Å². The first-order valence-corrected chi connectivity index (χ1v) is 8.73. The van der Waals surface area contributed by atoms with Gasteiger partial charge in [-0.2, -0.15) is 5.10 Å². The van der Waals surface area contributed by atoms with Crippen molar-refractivity contribution in [2.24, 2.45) is 10.8 Å². The van der Waals surface area contributed by atoms with E-state index >= 15 is 0 Å². The van der Waals surface area contributed by atoms with Gasteiger partial charge in [-0.3, -0.25) is 19.4 Å². The monoisotopic (exact) mass is 375 g/mol. The standard InChI is InChI=1S/C18H22FN5O3/c1-22(2)18(27)14-4-3-9-23(14)17(26)13-10-15(16(20)25)24(21-13)12-7-5-11(19)6-8-12/h5-8,14-15H,3-4,9-10H2,1-2H3,(H2,20,25). The molecule has 1 fully saturated rings. The van der Waals surface area contributed by atoms with Gasteiger partial charge in [0.2, 0.25) is 11.8 Å². The summed E-state index contributed by atoms with van der Waals surface area (Å²) in [4.78, 5) is 40.1. The van der Waals surface area contributed by atoms with Crippen molar-refractivity contribution in [2.45, 2.75) is 31.3 Å². The molecule has 8 nitrogen and oxygen atoms in total. The Morgan fingerprint density at radius 3 is 2.44 bits per heavy atom. The zero-order valence-electron chi connectivity index (χ0n) is 15.3. The van der Waals surface area contributed by atoms with Crippen molar-refractivity contribution < 1.29 is 18.8 Å². The number of carbonyl (C=O) groups is 3. The van der Waals surface area contributed by atoms with Crippen LogP contribution in [0.4, 0.5) is 10.1 Å². The second-order valence-corrected chi connectivity index (χ2v) is 6.88. The molecule has 2 aliphatic rings. The van der Waals surface area contributed by atoms with Crippen LogP contribution in [0.3, 0.4) is 0 Å². The maximum atomic E-state index is 13.2. The highest BCUT2D eigenvalue weighted by atomic mass is 19.1. The molecule has 0 spiro atoms. The lowest BCUT2D eigenvalue weighted by molar-refractivity contribution is -0.139. The minimum Gasteiger partial charge on any atom is -0.368 e. The number of benzene rings is 1. The third-order valence-electron chi connectivity index (χ3n) is 4.82. The molecule has 2 N–H and O–H groups in total. The predicted molar refractivity (Wildman–Crippen MR) is 97.3 cm³/mol. The van der Waals surface area contributed by atoms with E-state index in [9.17, 15) is 18.8 Å². The number of nitrogens with two attached hydrogens (primary N) is 1. The number of rotatable bonds is 4. The Morgan fingerprint density at radius 2 is 1.85 bits per heavy atom. The fourth-order valence-corrected chi connectivity index (χ4v) is 3.42. The molecular formula is C18H22FN5O3. The van der Waals surface area contributed by atoms with Crippen LogP contribution in [0.5, 0.6) is 0 Å². The lowest BCUT2D eigenvalue weighted by atomic mass is 10.1. The number of anilines is 1. The number of nitrogens with zero attached hydrogens (tertiary/aromatic N) is 4. The molecule has 0 saturated carbocycles. The fourth-order valence-electron chi connectivity index (χ4n) is 3.42. The van der Waals surface area contributed by atoms with Crippen LogP contribution < -0.4 is 10.7 Å². The maximum Gasteiger partial charge on any atom is 0.270 e. The first-order chi connectivity index (χ1) is 12.8. The van der Waals surface area contributed by atoms with Gasteiger partial charge in [0.05, 0.1) is 5.69 Å². The SMILES string of the molecule is CN(C)C(=O)C1CCCN1C(=O)C1=NN(c2ccc(F)cc2)C(C(N)=O)C1. The molecule has 2 unspecified atom stereocenters. The Kier molecular flexibility index (Phi) is 5.11. The fraction of sp³-hybridized carbons (Fsp3) is 0.444. The van der Waals surface area contributed by atoms with Crippen molar-refractivity contribution in [3.05, 3.63) is 30.1 Å². The number of amides is 3. The second kappa shape index (κ2) is 7.34. The number of hydrogen-bond donors (Lipinski definition) is 1. The number of halogens is 1. The molecule has 144 valence electrons. The van der Waals surface area contributed by atoms with Crippen LogP contribution in [0.15, 0.2) is 29.4 Å². The van der Waals surface area contributed by atoms with Gasteiger partial charge >= 0.3 is 0 Å². The molecular weight excluding hydrogens is 353 g/mol. The summed E-state index contributed by atoms with van der Waals surface area (Å²) in [5.41, 5.74) is 6.10. The van der Waals surface area contributed by atoms with Gasteiger partial charge in [0.25, 0.3) is 5.91 Å². The molecule has 0 aliphatic carbocycles. The highest BCUT2D eigenvalue weighted by Gasteiger charge is 2.41. The first-order valence-electron chi connectivity index (χ1n) is 8.73. The van der Waals surface area contributed by atoms with E-state index in [1.807, 2.05) is 0 Å². The van der Waals surface area contributed by atoms with Gasteiger partial charge in [-0.25, -0.2) is 4.39 Å². The molecule has 1 aromatic carbocycles. The highest BCUT2D eigenvalue weighted by Crippen LogP contribution is 2.27. The number of hydrogen-bond acceptors (Lipinski definition) is 5. The van der Waals surface area contributed by atoms with Crippen molar-refractivity contribution in [3.8, 4) is 0 Å². The van der Waals surface area contributed by atoms with E-state index in [-0.39, 0.29) is 23.9 Å². The Labute approximate surface area is 156 Å². The highest BCUT2D eigenvalue weighted by molar-refractivity contribution is 6.40. The summed E-state index contributed by atoms with van der Waals surface area (Å²) in [5.74, 6) is -1.56. The zero-order valence-corrected chi connectivity index (χ0v) is 15.3. The van der Waals surface area contributed by atoms with Gasteiger partial charge in [-0.1, -0.05) is 0 Å². The van der Waals surface area contributed by atoms with Crippen LogP contribution in [0.1, 0.15) is 19.3 Å². The maximum absolute atomic E-state index is 13.2. The van der Waals surface area contributed by atoms with E-state index in [1.165, 1.54) is 39.1 Å². The molecule has 2 aliphatic heterocycles. The first kappa shape index (κ1) is 18.8.